The number of hydrogen-bond donors (Lipinski definition) is 1. The summed E-state index contributed by atoms with van der Waals surface area (Å²) in [5.74, 6) is 0.241. The molecule has 4 nitrogen and oxygen atoms in total. The standard InChI is InChI=1S/C12H20N2O2S/c1-10-6-7-11(9-14-10)12(13-2)5-4-8-17(3,15)16/h6-7,9,12-13H,4-5,8H2,1-3H3. The number of nitrogens with one attached hydrogen (secondary N) is 1. The van der Waals surface area contributed by atoms with Gasteiger partial charge in [-0.1, -0.05) is 6.07 Å². The highest BCUT2D eigenvalue weighted by Crippen LogP contribution is 2.17. The molecule has 0 bridgehead atoms. The van der Waals surface area contributed by atoms with Crippen LogP contribution in [0.5, 0.6) is 0 Å². The van der Waals surface area contributed by atoms with Crippen molar-refractivity contribution in [3.05, 3.63) is 29.6 Å². The minimum absolute atomic E-state index is 0.171. The van der Waals surface area contributed by atoms with E-state index in [9.17, 15) is 8.42 Å². The highest BCUT2D eigenvalue weighted by Gasteiger charge is 2.11. The van der Waals surface area contributed by atoms with E-state index in [1.165, 1.54) is 6.26 Å². The third-order valence-electron chi connectivity index (χ3n) is 2.69. The summed E-state index contributed by atoms with van der Waals surface area (Å²) in [6, 6.07) is 4.17. The SMILES string of the molecule is CNC(CCCS(C)(=O)=O)c1ccc(C)nc1. The summed E-state index contributed by atoms with van der Waals surface area (Å²) < 4.78 is 22.1. The Bertz CT molecular complexity index is 440. The molecule has 0 aliphatic carbocycles. The molecule has 1 aromatic heterocycles. The van der Waals surface area contributed by atoms with E-state index >= 15 is 0 Å². The maximum absolute atomic E-state index is 11.0. The second-order valence-electron chi connectivity index (χ2n) is 4.35. The summed E-state index contributed by atoms with van der Waals surface area (Å²) in [4.78, 5) is 4.25. The monoisotopic (exact) mass is 256 g/mol. The van der Waals surface area contributed by atoms with Crippen LogP contribution in [0.1, 0.15) is 30.1 Å². The normalized spacial score (nSPS) is 13.6. The van der Waals surface area contributed by atoms with Gasteiger partial charge in [-0.05, 0) is 38.4 Å². The molecule has 0 saturated carbocycles. The van der Waals surface area contributed by atoms with Gasteiger partial charge in [0, 0.05) is 29.9 Å². The molecule has 17 heavy (non-hydrogen) atoms. The van der Waals surface area contributed by atoms with Gasteiger partial charge in [-0.3, -0.25) is 4.98 Å². The number of hydrogen-bond acceptors (Lipinski definition) is 4. The van der Waals surface area contributed by atoms with Gasteiger partial charge in [-0.25, -0.2) is 8.42 Å². The Morgan fingerprint density at radius 3 is 2.59 bits per heavy atom. The number of aryl methyl sites for hydroxylation is 1. The second kappa shape index (κ2) is 6.12. The van der Waals surface area contributed by atoms with Crippen molar-refractivity contribution in [2.24, 2.45) is 0 Å². The molecule has 0 fully saturated rings. The van der Waals surface area contributed by atoms with Gasteiger partial charge in [0.25, 0.3) is 0 Å². The first-order valence-electron chi connectivity index (χ1n) is 5.70. The molecule has 0 aliphatic heterocycles. The maximum atomic E-state index is 11.0. The fourth-order valence-electron chi connectivity index (χ4n) is 1.71. The van der Waals surface area contributed by atoms with Gasteiger partial charge in [0.2, 0.25) is 0 Å². The first-order valence-corrected chi connectivity index (χ1v) is 7.76. The molecule has 0 aromatic carbocycles. The lowest BCUT2D eigenvalue weighted by Crippen LogP contribution is -2.17. The van der Waals surface area contributed by atoms with Crippen molar-refractivity contribution in [3.8, 4) is 0 Å². The zero-order valence-electron chi connectivity index (χ0n) is 10.6. The fourth-order valence-corrected chi connectivity index (χ4v) is 2.40. The van der Waals surface area contributed by atoms with E-state index in [4.69, 9.17) is 0 Å². The third kappa shape index (κ3) is 5.28. The molecule has 0 saturated heterocycles. The van der Waals surface area contributed by atoms with E-state index in [-0.39, 0.29) is 11.8 Å². The van der Waals surface area contributed by atoms with Gasteiger partial charge < -0.3 is 5.32 Å². The summed E-state index contributed by atoms with van der Waals surface area (Å²) in [5, 5.41) is 3.19. The Morgan fingerprint density at radius 1 is 1.41 bits per heavy atom. The van der Waals surface area contributed by atoms with Crippen molar-refractivity contribution >= 4 is 9.84 Å². The zero-order valence-corrected chi connectivity index (χ0v) is 11.4. The van der Waals surface area contributed by atoms with Crippen LogP contribution in [0, 0.1) is 6.92 Å². The molecule has 1 unspecified atom stereocenters. The van der Waals surface area contributed by atoms with Gasteiger partial charge in [-0.15, -0.1) is 0 Å². The largest absolute Gasteiger partial charge is 0.313 e. The number of sulfone groups is 1. The first kappa shape index (κ1) is 14.1. The molecule has 0 radical (unpaired) electrons. The van der Waals surface area contributed by atoms with E-state index < -0.39 is 9.84 Å². The van der Waals surface area contributed by atoms with Crippen LogP contribution >= 0.6 is 0 Å². The number of nitrogens with zero attached hydrogens (tertiary/aromatic N) is 1. The minimum Gasteiger partial charge on any atom is -0.313 e. The van der Waals surface area contributed by atoms with Crippen LogP contribution < -0.4 is 5.32 Å². The van der Waals surface area contributed by atoms with Crippen molar-refractivity contribution in [2.75, 3.05) is 19.1 Å². The van der Waals surface area contributed by atoms with E-state index in [0.717, 1.165) is 17.7 Å². The molecule has 96 valence electrons. The van der Waals surface area contributed by atoms with E-state index in [0.29, 0.717) is 6.42 Å². The second-order valence-corrected chi connectivity index (χ2v) is 6.61. The number of rotatable bonds is 6. The van der Waals surface area contributed by atoms with Crippen LogP contribution in [0.15, 0.2) is 18.3 Å². The lowest BCUT2D eigenvalue weighted by molar-refractivity contribution is 0.535. The van der Waals surface area contributed by atoms with E-state index in [1.54, 1.807) is 0 Å². The maximum Gasteiger partial charge on any atom is 0.147 e. The first-order chi connectivity index (χ1) is 7.92. The predicted octanol–water partition coefficient (Wildman–Crippen LogP) is 1.48. The van der Waals surface area contributed by atoms with Crippen molar-refractivity contribution in [2.45, 2.75) is 25.8 Å². The highest BCUT2D eigenvalue weighted by molar-refractivity contribution is 7.90. The van der Waals surface area contributed by atoms with Crippen molar-refractivity contribution in [3.63, 3.8) is 0 Å². The van der Waals surface area contributed by atoms with Crippen LogP contribution in [0.3, 0.4) is 0 Å². The van der Waals surface area contributed by atoms with Gasteiger partial charge in [0.05, 0.1) is 0 Å². The molecule has 1 N–H and O–H groups in total. The summed E-state index contributed by atoms with van der Waals surface area (Å²) in [7, 11) is -0.980. The lowest BCUT2D eigenvalue weighted by Gasteiger charge is -2.16. The summed E-state index contributed by atoms with van der Waals surface area (Å²) >= 11 is 0. The average molecular weight is 256 g/mol. The molecule has 5 heteroatoms. The molecule has 1 rings (SSSR count). The molecule has 1 heterocycles. The lowest BCUT2D eigenvalue weighted by atomic mass is 10.0. The summed E-state index contributed by atoms with van der Waals surface area (Å²) in [5.41, 5.74) is 2.09. The Labute approximate surface area is 103 Å². The molecule has 0 aliphatic rings. The quantitative estimate of drug-likeness (QED) is 0.837. The van der Waals surface area contributed by atoms with Crippen molar-refractivity contribution in [1.82, 2.24) is 10.3 Å². The Morgan fingerprint density at radius 2 is 2.12 bits per heavy atom. The van der Waals surface area contributed by atoms with E-state index in [2.05, 4.69) is 10.3 Å². The molecular weight excluding hydrogens is 236 g/mol. The van der Waals surface area contributed by atoms with Gasteiger partial charge in [-0.2, -0.15) is 0 Å². The molecular formula is C12H20N2O2S. The Hall–Kier alpha value is -0.940. The number of pyridine rings is 1. The zero-order chi connectivity index (χ0) is 12.9. The molecule has 1 aromatic rings. The van der Waals surface area contributed by atoms with Crippen molar-refractivity contribution < 1.29 is 8.42 Å². The minimum atomic E-state index is -2.86. The molecule has 0 spiro atoms. The number of aromatic nitrogens is 1. The Balaban J connectivity index is 2.57. The fraction of sp³-hybridized carbons (Fsp3) is 0.583. The van der Waals surface area contributed by atoms with Gasteiger partial charge in [0.1, 0.15) is 9.84 Å². The van der Waals surface area contributed by atoms with Crippen LogP contribution in [0.4, 0.5) is 0 Å². The molecule has 0 amide bonds. The van der Waals surface area contributed by atoms with E-state index in [1.807, 2.05) is 32.3 Å². The topological polar surface area (TPSA) is 59.1 Å². The summed E-state index contributed by atoms with van der Waals surface area (Å²) in [6.07, 6.45) is 4.58. The smallest absolute Gasteiger partial charge is 0.147 e. The van der Waals surface area contributed by atoms with Gasteiger partial charge >= 0.3 is 0 Å². The van der Waals surface area contributed by atoms with Crippen molar-refractivity contribution in [1.29, 1.82) is 0 Å². The van der Waals surface area contributed by atoms with Gasteiger partial charge in [0.15, 0.2) is 0 Å². The van der Waals surface area contributed by atoms with Crippen LogP contribution in [-0.4, -0.2) is 32.5 Å². The van der Waals surface area contributed by atoms with Crippen LogP contribution in [-0.2, 0) is 9.84 Å². The predicted molar refractivity (Wildman–Crippen MR) is 69.7 cm³/mol. The molecule has 1 atom stereocenters. The van der Waals surface area contributed by atoms with Crippen LogP contribution in [0.25, 0.3) is 0 Å². The third-order valence-corrected chi connectivity index (χ3v) is 3.72. The highest BCUT2D eigenvalue weighted by atomic mass is 32.2. The van der Waals surface area contributed by atoms with Crippen LogP contribution in [0.2, 0.25) is 0 Å². The summed E-state index contributed by atoms with van der Waals surface area (Å²) in [6.45, 7) is 1.95. The average Bonchev–Trinajstić information content (AvgIpc) is 2.24. The Kier molecular flexibility index (Phi) is 5.08.